The van der Waals surface area contributed by atoms with Gasteiger partial charge in [0.1, 0.15) is 28.8 Å². The van der Waals surface area contributed by atoms with Gasteiger partial charge in [-0.3, -0.25) is 4.79 Å². The number of para-hydroxylation sites is 1. The Bertz CT molecular complexity index is 1420. The first-order chi connectivity index (χ1) is 17.0. The summed E-state index contributed by atoms with van der Waals surface area (Å²) in [4.78, 5) is 20.5. The minimum Gasteiger partial charge on any atom is -0.457 e. The molecule has 9 heteroatoms. The van der Waals surface area contributed by atoms with Gasteiger partial charge in [-0.15, -0.1) is 0 Å². The fourth-order valence-electron chi connectivity index (χ4n) is 4.76. The van der Waals surface area contributed by atoms with Gasteiger partial charge in [0.25, 0.3) is 5.91 Å². The second kappa shape index (κ2) is 8.57. The van der Waals surface area contributed by atoms with Crippen LogP contribution in [0.2, 0.25) is 5.02 Å². The first kappa shape index (κ1) is 21.9. The third-order valence-corrected chi connectivity index (χ3v) is 6.89. The zero-order valence-electron chi connectivity index (χ0n) is 18.7. The number of aliphatic hydroxyl groups excluding tert-OH is 1. The number of aliphatic hydroxyl groups is 1. The molecule has 6 rings (SSSR count). The number of anilines is 2. The van der Waals surface area contributed by atoms with Crippen LogP contribution >= 0.6 is 11.6 Å². The maximum Gasteiger partial charge on any atom is 0.252 e. The van der Waals surface area contributed by atoms with E-state index in [2.05, 4.69) is 20.6 Å². The summed E-state index contributed by atoms with van der Waals surface area (Å²) in [6, 6.07) is 14.6. The van der Waals surface area contributed by atoms with E-state index in [0.29, 0.717) is 63.1 Å². The Morgan fingerprint density at radius 1 is 1.14 bits per heavy atom. The number of halogens is 1. The van der Waals surface area contributed by atoms with E-state index in [1.165, 1.54) is 0 Å². The van der Waals surface area contributed by atoms with Crippen LogP contribution in [0.5, 0.6) is 11.5 Å². The van der Waals surface area contributed by atoms with Crippen molar-refractivity contribution >= 4 is 39.9 Å². The molecule has 35 heavy (non-hydrogen) atoms. The van der Waals surface area contributed by atoms with Crippen molar-refractivity contribution in [3.63, 3.8) is 0 Å². The van der Waals surface area contributed by atoms with Crippen molar-refractivity contribution in [3.05, 3.63) is 77.1 Å². The SMILES string of the molecule is O=C1Nc2cnc3[nH]cc(C(O)c4ccc(Oc5ccccc5)cc4Cl)c3c2NC12CCCOC2. The van der Waals surface area contributed by atoms with Gasteiger partial charge in [0, 0.05) is 23.9 Å². The Kier molecular flexibility index (Phi) is 5.36. The molecule has 4 heterocycles. The molecule has 178 valence electrons. The number of hydrogen-bond donors (Lipinski definition) is 4. The number of rotatable bonds is 4. The van der Waals surface area contributed by atoms with Crippen LogP contribution in [0.15, 0.2) is 60.9 Å². The van der Waals surface area contributed by atoms with Crippen molar-refractivity contribution in [2.75, 3.05) is 23.8 Å². The predicted octanol–water partition coefficient (Wildman–Crippen LogP) is 5.00. The summed E-state index contributed by atoms with van der Waals surface area (Å²) in [5.41, 5.74) is 2.13. The summed E-state index contributed by atoms with van der Waals surface area (Å²) in [5.74, 6) is 1.12. The molecule has 4 N–H and O–H groups in total. The Hall–Kier alpha value is -3.59. The van der Waals surface area contributed by atoms with E-state index in [4.69, 9.17) is 21.1 Å². The third-order valence-electron chi connectivity index (χ3n) is 6.56. The zero-order chi connectivity index (χ0) is 24.0. The highest BCUT2D eigenvalue weighted by Crippen LogP contribution is 2.43. The molecule has 0 radical (unpaired) electrons. The Labute approximate surface area is 206 Å². The molecule has 2 aliphatic rings. The van der Waals surface area contributed by atoms with Crippen LogP contribution in [0.25, 0.3) is 11.0 Å². The van der Waals surface area contributed by atoms with E-state index in [9.17, 15) is 9.90 Å². The monoisotopic (exact) mass is 490 g/mol. The minimum atomic E-state index is -1.03. The zero-order valence-corrected chi connectivity index (χ0v) is 19.4. The number of pyridine rings is 1. The number of H-pyrrole nitrogens is 1. The molecule has 4 aromatic rings. The second-order valence-electron chi connectivity index (χ2n) is 8.83. The molecule has 1 saturated heterocycles. The number of hydrogen-bond acceptors (Lipinski definition) is 6. The van der Waals surface area contributed by atoms with Crippen molar-refractivity contribution in [3.8, 4) is 11.5 Å². The first-order valence-electron chi connectivity index (χ1n) is 11.4. The van der Waals surface area contributed by atoms with Crippen LogP contribution in [-0.4, -0.2) is 39.7 Å². The van der Waals surface area contributed by atoms with Crippen LogP contribution in [0.4, 0.5) is 11.4 Å². The molecule has 1 spiro atoms. The Morgan fingerprint density at radius 2 is 2.00 bits per heavy atom. The lowest BCUT2D eigenvalue weighted by atomic mass is 9.88. The van der Waals surface area contributed by atoms with Crippen molar-refractivity contribution < 1.29 is 19.4 Å². The molecule has 2 unspecified atom stereocenters. The number of nitrogens with zero attached hydrogens (tertiary/aromatic N) is 1. The molecule has 0 aliphatic carbocycles. The highest BCUT2D eigenvalue weighted by Gasteiger charge is 2.44. The van der Waals surface area contributed by atoms with Gasteiger partial charge in [-0.05, 0) is 37.1 Å². The second-order valence-corrected chi connectivity index (χ2v) is 9.24. The summed E-state index contributed by atoms with van der Waals surface area (Å²) in [6.45, 7) is 0.908. The molecule has 2 atom stereocenters. The molecule has 0 bridgehead atoms. The predicted molar refractivity (Wildman–Crippen MR) is 133 cm³/mol. The van der Waals surface area contributed by atoms with Gasteiger partial charge in [-0.1, -0.05) is 35.9 Å². The van der Waals surface area contributed by atoms with E-state index in [-0.39, 0.29) is 12.5 Å². The largest absolute Gasteiger partial charge is 0.457 e. The van der Waals surface area contributed by atoms with E-state index < -0.39 is 11.6 Å². The molecule has 1 fully saturated rings. The van der Waals surface area contributed by atoms with Gasteiger partial charge in [0.15, 0.2) is 0 Å². The molecule has 1 amide bonds. The number of carbonyl (C=O) groups is 1. The summed E-state index contributed by atoms with van der Waals surface area (Å²) in [6.07, 6.45) is 3.72. The molecule has 2 aliphatic heterocycles. The maximum atomic E-state index is 12.9. The van der Waals surface area contributed by atoms with Crippen molar-refractivity contribution in [1.82, 2.24) is 9.97 Å². The molecule has 2 aromatic heterocycles. The molecule has 8 nitrogen and oxygen atoms in total. The molecule has 2 aromatic carbocycles. The number of aromatic amines is 1. The van der Waals surface area contributed by atoms with Gasteiger partial charge >= 0.3 is 0 Å². The van der Waals surface area contributed by atoms with Crippen LogP contribution in [0.3, 0.4) is 0 Å². The van der Waals surface area contributed by atoms with E-state index in [1.807, 2.05) is 30.3 Å². The van der Waals surface area contributed by atoms with Crippen LogP contribution in [-0.2, 0) is 9.53 Å². The smallest absolute Gasteiger partial charge is 0.252 e. The van der Waals surface area contributed by atoms with Crippen molar-refractivity contribution in [2.45, 2.75) is 24.5 Å². The van der Waals surface area contributed by atoms with E-state index in [1.54, 1.807) is 30.6 Å². The fourth-order valence-corrected chi connectivity index (χ4v) is 5.03. The average molecular weight is 491 g/mol. The molecule has 0 saturated carbocycles. The van der Waals surface area contributed by atoms with Gasteiger partial charge < -0.3 is 30.2 Å². The third kappa shape index (κ3) is 3.80. The number of aromatic nitrogens is 2. The summed E-state index contributed by atoms with van der Waals surface area (Å²) in [7, 11) is 0. The van der Waals surface area contributed by atoms with Crippen molar-refractivity contribution in [1.29, 1.82) is 0 Å². The quantitative estimate of drug-likeness (QED) is 0.320. The lowest BCUT2D eigenvalue weighted by Crippen LogP contribution is -2.57. The number of carbonyl (C=O) groups excluding carboxylic acids is 1. The van der Waals surface area contributed by atoms with Crippen molar-refractivity contribution in [2.24, 2.45) is 0 Å². The lowest BCUT2D eigenvalue weighted by molar-refractivity contribution is -0.124. The van der Waals surface area contributed by atoms with Crippen LogP contribution < -0.4 is 15.4 Å². The molecular weight excluding hydrogens is 468 g/mol. The normalized spacial score (nSPS) is 20.2. The number of amides is 1. The summed E-state index contributed by atoms with van der Waals surface area (Å²) >= 11 is 6.58. The Balaban J connectivity index is 1.37. The van der Waals surface area contributed by atoms with Gasteiger partial charge in [0.2, 0.25) is 0 Å². The number of fused-ring (bicyclic) bond motifs is 3. The van der Waals surface area contributed by atoms with Crippen LogP contribution in [0, 0.1) is 0 Å². The molecular formula is C26H23ClN4O4. The highest BCUT2D eigenvalue weighted by atomic mass is 35.5. The average Bonchev–Trinajstić information content (AvgIpc) is 3.31. The van der Waals surface area contributed by atoms with Gasteiger partial charge in [0.05, 0.1) is 34.6 Å². The number of ether oxygens (including phenoxy) is 2. The van der Waals surface area contributed by atoms with E-state index in [0.717, 1.165) is 6.42 Å². The minimum absolute atomic E-state index is 0.138. The van der Waals surface area contributed by atoms with Gasteiger partial charge in [-0.2, -0.15) is 0 Å². The highest BCUT2D eigenvalue weighted by molar-refractivity contribution is 6.31. The summed E-state index contributed by atoms with van der Waals surface area (Å²) in [5, 5.41) is 18.8. The topological polar surface area (TPSA) is 109 Å². The lowest BCUT2D eigenvalue weighted by Gasteiger charge is -2.41. The first-order valence-corrected chi connectivity index (χ1v) is 11.8. The number of nitrogens with one attached hydrogen (secondary N) is 3. The van der Waals surface area contributed by atoms with Gasteiger partial charge in [-0.25, -0.2) is 4.98 Å². The summed E-state index contributed by atoms with van der Waals surface area (Å²) < 4.78 is 11.5. The number of benzene rings is 2. The van der Waals surface area contributed by atoms with E-state index >= 15 is 0 Å². The fraction of sp³-hybridized carbons (Fsp3) is 0.231. The Morgan fingerprint density at radius 3 is 2.77 bits per heavy atom. The maximum absolute atomic E-state index is 12.9. The standard InChI is InChI=1S/C26H23ClN4O4/c27-19-11-16(35-15-5-2-1-3-6-15)7-8-17(19)23(32)18-12-28-24-21(18)22-20(13-29-24)30-25(33)26(31-22)9-4-10-34-14-26/h1-3,5-8,11-13,23,31-32H,4,9-10,14H2,(H,28,29)(H,30,33). The van der Waals surface area contributed by atoms with Crippen LogP contribution in [0.1, 0.15) is 30.1 Å².